The van der Waals surface area contributed by atoms with Gasteiger partial charge >= 0.3 is 6.09 Å². The van der Waals surface area contributed by atoms with E-state index in [0.29, 0.717) is 18.1 Å². The second-order valence-electron chi connectivity index (χ2n) is 9.76. The van der Waals surface area contributed by atoms with Gasteiger partial charge in [0.05, 0.1) is 6.10 Å². The van der Waals surface area contributed by atoms with E-state index in [1.54, 1.807) is 7.05 Å². The maximum Gasteiger partial charge on any atom is 0.412 e. The zero-order valence-corrected chi connectivity index (χ0v) is 19.0. The summed E-state index contributed by atoms with van der Waals surface area (Å²) >= 11 is 0. The smallest absolute Gasteiger partial charge is 0.412 e. The number of benzene rings is 1. The number of fused-ring (bicyclic) bond motifs is 1. The predicted molar refractivity (Wildman–Crippen MR) is 120 cm³/mol. The van der Waals surface area contributed by atoms with Crippen LogP contribution in [0.2, 0.25) is 0 Å². The molecule has 166 valence electrons. The van der Waals surface area contributed by atoms with Crippen LogP contribution in [0.3, 0.4) is 0 Å². The van der Waals surface area contributed by atoms with E-state index in [-0.39, 0.29) is 5.41 Å². The number of nitrogens with zero attached hydrogens (tertiary/aromatic N) is 1. The minimum absolute atomic E-state index is 0.121. The maximum absolute atomic E-state index is 11.9. The van der Waals surface area contributed by atoms with E-state index in [2.05, 4.69) is 34.8 Å². The molecule has 1 aromatic rings. The highest BCUT2D eigenvalue weighted by atomic mass is 16.6. The fourth-order valence-electron chi connectivity index (χ4n) is 4.46. The highest BCUT2D eigenvalue weighted by Crippen LogP contribution is 2.52. The molecule has 2 fully saturated rings. The summed E-state index contributed by atoms with van der Waals surface area (Å²) in [5.74, 6) is 1.41. The SMILES string of the molecule is CN=C(NCCc1ccc(NC(=O)OC(C)(C)C)cc1)NC1C2CCOC2C1(C)C. The van der Waals surface area contributed by atoms with Crippen molar-refractivity contribution in [3.8, 4) is 0 Å². The Morgan fingerprint density at radius 3 is 2.60 bits per heavy atom. The predicted octanol–water partition coefficient (Wildman–Crippen LogP) is 3.55. The third-order valence-electron chi connectivity index (χ3n) is 5.92. The first kappa shape index (κ1) is 22.4. The van der Waals surface area contributed by atoms with Crippen LogP contribution in [-0.2, 0) is 15.9 Å². The van der Waals surface area contributed by atoms with E-state index in [4.69, 9.17) is 9.47 Å². The Kier molecular flexibility index (Phi) is 6.60. The first-order valence-electron chi connectivity index (χ1n) is 10.8. The van der Waals surface area contributed by atoms with Gasteiger partial charge in [-0.15, -0.1) is 0 Å². The van der Waals surface area contributed by atoms with E-state index in [1.807, 2.05) is 45.0 Å². The number of rotatable bonds is 5. The van der Waals surface area contributed by atoms with Crippen molar-refractivity contribution in [2.24, 2.45) is 16.3 Å². The lowest BCUT2D eigenvalue weighted by Gasteiger charge is -2.54. The van der Waals surface area contributed by atoms with Crippen LogP contribution in [0.25, 0.3) is 0 Å². The molecule has 1 amide bonds. The molecule has 1 aromatic carbocycles. The Morgan fingerprint density at radius 1 is 1.27 bits per heavy atom. The van der Waals surface area contributed by atoms with Gasteiger partial charge in [0.1, 0.15) is 5.60 Å². The molecular formula is C23H36N4O3. The number of anilines is 1. The molecule has 0 spiro atoms. The molecule has 1 heterocycles. The minimum Gasteiger partial charge on any atom is -0.444 e. The molecule has 1 aliphatic carbocycles. The Bertz CT molecular complexity index is 768. The van der Waals surface area contributed by atoms with Crippen LogP contribution in [0.15, 0.2) is 29.3 Å². The normalized spacial score (nSPS) is 25.1. The fraction of sp³-hybridized carbons (Fsp3) is 0.652. The Balaban J connectivity index is 1.43. The second kappa shape index (κ2) is 8.84. The number of aliphatic imine (C=N–C) groups is 1. The van der Waals surface area contributed by atoms with Gasteiger partial charge in [0.15, 0.2) is 5.96 Å². The first-order valence-corrected chi connectivity index (χ1v) is 10.8. The number of carbonyl (C=O) groups is 1. The minimum atomic E-state index is -0.511. The van der Waals surface area contributed by atoms with Gasteiger partial charge in [0.2, 0.25) is 0 Å². The molecule has 1 saturated heterocycles. The average molecular weight is 417 g/mol. The van der Waals surface area contributed by atoms with Gasteiger partial charge in [-0.05, 0) is 51.3 Å². The molecule has 30 heavy (non-hydrogen) atoms. The monoisotopic (exact) mass is 416 g/mol. The second-order valence-corrected chi connectivity index (χ2v) is 9.76. The van der Waals surface area contributed by atoms with Gasteiger partial charge in [-0.3, -0.25) is 10.3 Å². The summed E-state index contributed by atoms with van der Waals surface area (Å²) in [5.41, 5.74) is 1.51. The zero-order valence-electron chi connectivity index (χ0n) is 19.0. The topological polar surface area (TPSA) is 84.0 Å². The molecule has 1 saturated carbocycles. The van der Waals surface area contributed by atoms with Gasteiger partial charge < -0.3 is 20.1 Å². The third-order valence-corrected chi connectivity index (χ3v) is 5.92. The van der Waals surface area contributed by atoms with Crippen LogP contribution in [0.1, 0.15) is 46.6 Å². The summed E-state index contributed by atoms with van der Waals surface area (Å²) in [4.78, 5) is 16.2. The molecule has 0 radical (unpaired) electrons. The number of guanidine groups is 1. The average Bonchev–Trinajstić information content (AvgIpc) is 3.11. The van der Waals surface area contributed by atoms with Crippen LogP contribution >= 0.6 is 0 Å². The molecule has 0 aromatic heterocycles. The lowest BCUT2D eigenvalue weighted by atomic mass is 9.57. The molecule has 3 unspecified atom stereocenters. The van der Waals surface area contributed by atoms with Gasteiger partial charge in [-0.1, -0.05) is 26.0 Å². The first-order chi connectivity index (χ1) is 14.1. The third kappa shape index (κ3) is 5.25. The van der Waals surface area contributed by atoms with Crippen LogP contribution in [0, 0.1) is 11.3 Å². The van der Waals surface area contributed by atoms with E-state index >= 15 is 0 Å². The molecule has 3 N–H and O–H groups in total. The molecule has 7 heteroatoms. The Hall–Kier alpha value is -2.28. The van der Waals surface area contributed by atoms with Gasteiger partial charge in [-0.25, -0.2) is 4.79 Å². The van der Waals surface area contributed by atoms with Gasteiger partial charge in [0.25, 0.3) is 0 Å². The summed E-state index contributed by atoms with van der Waals surface area (Å²) in [5, 5.41) is 9.77. The van der Waals surface area contributed by atoms with Gasteiger partial charge in [-0.2, -0.15) is 0 Å². The van der Waals surface area contributed by atoms with Crippen molar-refractivity contribution in [1.82, 2.24) is 10.6 Å². The largest absolute Gasteiger partial charge is 0.444 e. The lowest BCUT2D eigenvalue weighted by molar-refractivity contribution is -0.106. The number of ether oxygens (including phenoxy) is 2. The molecule has 2 aliphatic rings. The van der Waals surface area contributed by atoms with Crippen molar-refractivity contribution in [2.45, 2.75) is 65.2 Å². The van der Waals surface area contributed by atoms with Crippen molar-refractivity contribution in [3.63, 3.8) is 0 Å². The van der Waals surface area contributed by atoms with Crippen molar-refractivity contribution in [1.29, 1.82) is 0 Å². The maximum atomic E-state index is 11.9. The van der Waals surface area contributed by atoms with Crippen LogP contribution in [0.4, 0.5) is 10.5 Å². The van der Waals surface area contributed by atoms with E-state index in [9.17, 15) is 4.79 Å². The van der Waals surface area contributed by atoms with Crippen molar-refractivity contribution < 1.29 is 14.3 Å². The van der Waals surface area contributed by atoms with Crippen LogP contribution < -0.4 is 16.0 Å². The molecule has 0 bridgehead atoms. The van der Waals surface area contributed by atoms with Crippen molar-refractivity contribution >= 4 is 17.7 Å². The molecule has 7 nitrogen and oxygen atoms in total. The van der Waals surface area contributed by atoms with Gasteiger partial charge in [0, 0.05) is 43.3 Å². The highest BCUT2D eigenvalue weighted by Gasteiger charge is 2.59. The number of hydrogen-bond donors (Lipinski definition) is 3. The van der Waals surface area contributed by atoms with E-state index in [0.717, 1.165) is 37.6 Å². The summed E-state index contributed by atoms with van der Waals surface area (Å²) < 4.78 is 11.1. The Morgan fingerprint density at radius 2 is 1.97 bits per heavy atom. The van der Waals surface area contributed by atoms with Crippen molar-refractivity contribution in [2.75, 3.05) is 25.5 Å². The highest BCUT2D eigenvalue weighted by molar-refractivity contribution is 5.84. The van der Waals surface area contributed by atoms with Crippen molar-refractivity contribution in [3.05, 3.63) is 29.8 Å². The Labute approximate surface area is 180 Å². The number of carbonyl (C=O) groups excluding carboxylic acids is 1. The lowest BCUT2D eigenvalue weighted by Crippen LogP contribution is -2.68. The summed E-state index contributed by atoms with van der Waals surface area (Å²) in [6.07, 6.45) is 1.89. The molecule has 1 aliphatic heterocycles. The van der Waals surface area contributed by atoms with E-state index in [1.165, 1.54) is 5.56 Å². The summed E-state index contributed by atoms with van der Waals surface area (Å²) in [7, 11) is 1.81. The quantitative estimate of drug-likeness (QED) is 0.505. The fourth-order valence-corrected chi connectivity index (χ4v) is 4.46. The summed E-state index contributed by atoms with van der Waals surface area (Å²) in [6, 6.07) is 8.20. The van der Waals surface area contributed by atoms with Crippen LogP contribution in [-0.4, -0.2) is 50.0 Å². The zero-order chi connectivity index (χ0) is 21.9. The van der Waals surface area contributed by atoms with Crippen LogP contribution in [0.5, 0.6) is 0 Å². The number of hydrogen-bond acceptors (Lipinski definition) is 4. The molecule has 3 rings (SSSR count). The number of amides is 1. The number of nitrogens with one attached hydrogen (secondary N) is 3. The molecule has 3 atom stereocenters. The summed E-state index contributed by atoms with van der Waals surface area (Å²) in [6.45, 7) is 11.7. The molecular weight excluding hydrogens is 380 g/mol. The van der Waals surface area contributed by atoms with E-state index < -0.39 is 11.7 Å². The standard InChI is InChI=1S/C23H36N4O3/c1-22(2,3)30-21(28)26-16-9-7-15(8-10-16)11-13-25-20(24-6)27-18-17-12-14-29-19(17)23(18,4)5/h7-10,17-19H,11-14H2,1-6H3,(H,26,28)(H2,24,25,27).